The van der Waals surface area contributed by atoms with E-state index in [0.29, 0.717) is 18.4 Å². The molecule has 1 aliphatic carbocycles. The number of rotatable bonds is 7. The van der Waals surface area contributed by atoms with Gasteiger partial charge in [-0.05, 0) is 38.6 Å². The molecule has 2 aliphatic rings. The van der Waals surface area contributed by atoms with Crippen LogP contribution in [0, 0.1) is 11.8 Å². The Morgan fingerprint density at radius 1 is 1.45 bits per heavy atom. The number of methoxy groups -OCH3 is 1. The minimum absolute atomic E-state index is 0.133. The van der Waals surface area contributed by atoms with Crippen LogP contribution in [-0.4, -0.2) is 52.1 Å². The fraction of sp³-hybridized carbons (Fsp3) is 0.933. The predicted octanol–water partition coefficient (Wildman–Crippen LogP) is 1.36. The number of nitrogens with one attached hydrogen (secondary N) is 1. The first-order valence-electron chi connectivity index (χ1n) is 7.65. The van der Waals surface area contributed by atoms with E-state index in [9.17, 15) is 4.79 Å². The van der Waals surface area contributed by atoms with Crippen molar-refractivity contribution in [2.24, 2.45) is 11.8 Å². The second kappa shape index (κ2) is 7.38. The lowest BCUT2D eigenvalue weighted by molar-refractivity contribution is -0.150. The Balaban J connectivity index is 1.76. The standard InChI is InChI=1S/C15H27NO4/c1-16-15(14(17)18-2)7-3-4-13(15)6-9-20-11-12-5-8-19-10-12/h12-13,16H,3-11H2,1-2H3. The van der Waals surface area contributed by atoms with Gasteiger partial charge in [-0.1, -0.05) is 6.42 Å². The summed E-state index contributed by atoms with van der Waals surface area (Å²) in [5.41, 5.74) is -0.505. The van der Waals surface area contributed by atoms with Crippen molar-refractivity contribution < 1.29 is 19.0 Å². The average Bonchev–Trinajstić information content (AvgIpc) is 3.12. The SMILES string of the molecule is CNC1(C(=O)OC)CCCC1CCOCC1CCOC1. The molecule has 116 valence electrons. The Kier molecular flexibility index (Phi) is 5.81. The van der Waals surface area contributed by atoms with Crippen LogP contribution in [-0.2, 0) is 19.0 Å². The van der Waals surface area contributed by atoms with Gasteiger partial charge >= 0.3 is 5.97 Å². The predicted molar refractivity (Wildman–Crippen MR) is 75.5 cm³/mol. The fourth-order valence-electron chi connectivity index (χ4n) is 3.54. The van der Waals surface area contributed by atoms with Gasteiger partial charge in [0, 0.05) is 19.1 Å². The van der Waals surface area contributed by atoms with E-state index >= 15 is 0 Å². The molecule has 0 spiro atoms. The first-order valence-corrected chi connectivity index (χ1v) is 7.65. The van der Waals surface area contributed by atoms with Crippen LogP contribution < -0.4 is 5.32 Å². The highest BCUT2D eigenvalue weighted by atomic mass is 16.5. The van der Waals surface area contributed by atoms with Crippen molar-refractivity contribution >= 4 is 5.97 Å². The van der Waals surface area contributed by atoms with E-state index in [-0.39, 0.29) is 5.97 Å². The van der Waals surface area contributed by atoms with Gasteiger partial charge in [-0.3, -0.25) is 4.79 Å². The van der Waals surface area contributed by atoms with E-state index in [0.717, 1.165) is 51.9 Å². The minimum atomic E-state index is -0.505. The molecule has 0 radical (unpaired) electrons. The molecule has 3 atom stereocenters. The maximum Gasteiger partial charge on any atom is 0.326 e. The quantitative estimate of drug-likeness (QED) is 0.565. The van der Waals surface area contributed by atoms with Gasteiger partial charge in [0.15, 0.2) is 0 Å². The molecule has 20 heavy (non-hydrogen) atoms. The summed E-state index contributed by atoms with van der Waals surface area (Å²) in [4.78, 5) is 12.1. The molecular weight excluding hydrogens is 258 g/mol. The third kappa shape index (κ3) is 3.32. The molecule has 5 heteroatoms. The molecular formula is C15H27NO4. The number of carbonyl (C=O) groups excluding carboxylic acids is 1. The number of likely N-dealkylation sites (N-methyl/N-ethyl adjacent to an activating group) is 1. The molecule has 1 heterocycles. The first kappa shape index (κ1) is 15.7. The molecule has 0 bridgehead atoms. The summed E-state index contributed by atoms with van der Waals surface area (Å²) in [5, 5.41) is 3.21. The Morgan fingerprint density at radius 3 is 2.95 bits per heavy atom. The van der Waals surface area contributed by atoms with Crippen LogP contribution in [0.5, 0.6) is 0 Å². The van der Waals surface area contributed by atoms with Crippen molar-refractivity contribution in [1.29, 1.82) is 0 Å². The van der Waals surface area contributed by atoms with Crippen LogP contribution in [0.2, 0.25) is 0 Å². The zero-order chi connectivity index (χ0) is 14.4. The summed E-state index contributed by atoms with van der Waals surface area (Å²) < 4.78 is 16.1. The maximum atomic E-state index is 12.1. The molecule has 1 aliphatic heterocycles. The Labute approximate surface area is 121 Å². The third-order valence-corrected chi connectivity index (χ3v) is 4.80. The Hall–Kier alpha value is -0.650. The van der Waals surface area contributed by atoms with Crippen LogP contribution in [0.3, 0.4) is 0 Å². The van der Waals surface area contributed by atoms with Gasteiger partial charge in [-0.15, -0.1) is 0 Å². The molecule has 1 saturated heterocycles. The van der Waals surface area contributed by atoms with E-state index in [4.69, 9.17) is 14.2 Å². The van der Waals surface area contributed by atoms with E-state index in [1.807, 2.05) is 7.05 Å². The lowest BCUT2D eigenvalue weighted by atomic mass is 9.85. The zero-order valence-electron chi connectivity index (χ0n) is 12.7. The lowest BCUT2D eigenvalue weighted by Gasteiger charge is -2.32. The molecule has 5 nitrogen and oxygen atoms in total. The van der Waals surface area contributed by atoms with Crippen LogP contribution in [0.25, 0.3) is 0 Å². The van der Waals surface area contributed by atoms with Crippen molar-refractivity contribution in [3.63, 3.8) is 0 Å². The van der Waals surface area contributed by atoms with E-state index in [1.54, 1.807) is 0 Å². The highest BCUT2D eigenvalue weighted by Gasteiger charge is 2.48. The van der Waals surface area contributed by atoms with Crippen molar-refractivity contribution in [2.45, 2.75) is 37.6 Å². The van der Waals surface area contributed by atoms with Gasteiger partial charge in [-0.2, -0.15) is 0 Å². The highest BCUT2D eigenvalue weighted by Crippen LogP contribution is 2.38. The number of ether oxygens (including phenoxy) is 3. The second-order valence-electron chi connectivity index (χ2n) is 5.90. The molecule has 1 N–H and O–H groups in total. The number of hydrogen-bond acceptors (Lipinski definition) is 5. The van der Waals surface area contributed by atoms with Crippen LogP contribution in [0.15, 0.2) is 0 Å². The van der Waals surface area contributed by atoms with Crippen molar-refractivity contribution in [3.05, 3.63) is 0 Å². The smallest absolute Gasteiger partial charge is 0.326 e. The van der Waals surface area contributed by atoms with Gasteiger partial charge in [-0.25, -0.2) is 0 Å². The fourth-order valence-corrected chi connectivity index (χ4v) is 3.54. The van der Waals surface area contributed by atoms with Crippen molar-refractivity contribution in [2.75, 3.05) is 40.6 Å². The average molecular weight is 285 g/mol. The van der Waals surface area contributed by atoms with Crippen molar-refractivity contribution in [1.82, 2.24) is 5.32 Å². The van der Waals surface area contributed by atoms with Crippen LogP contribution >= 0.6 is 0 Å². The number of carbonyl (C=O) groups is 1. The summed E-state index contributed by atoms with van der Waals surface area (Å²) in [7, 11) is 3.32. The maximum absolute atomic E-state index is 12.1. The zero-order valence-corrected chi connectivity index (χ0v) is 12.7. The molecule has 0 aromatic carbocycles. The van der Waals surface area contributed by atoms with Gasteiger partial charge in [0.25, 0.3) is 0 Å². The van der Waals surface area contributed by atoms with Gasteiger partial charge in [0.2, 0.25) is 0 Å². The van der Waals surface area contributed by atoms with Gasteiger partial charge in [0.05, 0.1) is 20.3 Å². The minimum Gasteiger partial charge on any atom is -0.468 e. The molecule has 2 fully saturated rings. The first-order chi connectivity index (χ1) is 9.73. The summed E-state index contributed by atoms with van der Waals surface area (Å²) in [6.07, 6.45) is 5.00. The molecule has 1 saturated carbocycles. The van der Waals surface area contributed by atoms with Crippen molar-refractivity contribution in [3.8, 4) is 0 Å². The lowest BCUT2D eigenvalue weighted by Crippen LogP contribution is -2.54. The summed E-state index contributed by atoms with van der Waals surface area (Å²) in [5.74, 6) is 0.722. The third-order valence-electron chi connectivity index (χ3n) is 4.80. The van der Waals surface area contributed by atoms with E-state index < -0.39 is 5.54 Å². The number of esters is 1. The summed E-state index contributed by atoms with van der Waals surface area (Å²) in [6.45, 7) is 3.17. The molecule has 0 amide bonds. The van der Waals surface area contributed by atoms with E-state index in [2.05, 4.69) is 5.32 Å². The second-order valence-corrected chi connectivity index (χ2v) is 5.90. The highest BCUT2D eigenvalue weighted by molar-refractivity contribution is 5.81. The Bertz CT molecular complexity index is 317. The molecule has 0 aromatic rings. The van der Waals surface area contributed by atoms with Crippen LogP contribution in [0.4, 0.5) is 0 Å². The molecule has 3 unspecified atom stereocenters. The summed E-state index contributed by atoms with van der Waals surface area (Å²) >= 11 is 0. The van der Waals surface area contributed by atoms with Gasteiger partial charge in [0.1, 0.15) is 5.54 Å². The molecule has 0 aromatic heterocycles. The topological polar surface area (TPSA) is 56.8 Å². The largest absolute Gasteiger partial charge is 0.468 e. The summed E-state index contributed by atoms with van der Waals surface area (Å²) in [6, 6.07) is 0. The van der Waals surface area contributed by atoms with E-state index in [1.165, 1.54) is 7.11 Å². The van der Waals surface area contributed by atoms with Crippen LogP contribution in [0.1, 0.15) is 32.1 Å². The monoisotopic (exact) mass is 285 g/mol. The number of hydrogen-bond donors (Lipinski definition) is 1. The van der Waals surface area contributed by atoms with Gasteiger partial charge < -0.3 is 19.5 Å². The normalized spacial score (nSPS) is 33.5. The Morgan fingerprint density at radius 2 is 2.30 bits per heavy atom. The molecule has 2 rings (SSSR count).